The van der Waals surface area contributed by atoms with E-state index in [1.165, 1.54) is 50.1 Å². The summed E-state index contributed by atoms with van der Waals surface area (Å²) in [5.74, 6) is 0. The minimum absolute atomic E-state index is 0.190. The maximum atomic E-state index is 4.32. The first-order valence-electron chi connectivity index (χ1n) is 9.47. The second-order valence-corrected chi connectivity index (χ2v) is 8.94. The number of hydrogen-bond donors (Lipinski definition) is 0. The van der Waals surface area contributed by atoms with E-state index in [4.69, 9.17) is 0 Å². The Balaban J connectivity index is 2.17. The van der Waals surface area contributed by atoms with Crippen LogP contribution in [0.25, 0.3) is 11.1 Å². The topological polar surface area (TPSA) is 0 Å². The molecule has 0 nitrogen and oxygen atoms in total. The average Bonchev–Trinajstić information content (AvgIpc) is 2.88. The largest absolute Gasteiger partial charge is 0.100 e. The second-order valence-electron chi connectivity index (χ2n) is 8.03. The highest BCUT2D eigenvalue weighted by Gasteiger charge is 2.45. The van der Waals surface area contributed by atoms with Crippen LogP contribution in [0.5, 0.6) is 0 Å². The van der Waals surface area contributed by atoms with Crippen molar-refractivity contribution in [1.29, 1.82) is 0 Å². The molecule has 0 radical (unpaired) electrons. The molecule has 0 fully saturated rings. The van der Waals surface area contributed by atoms with Gasteiger partial charge >= 0.3 is 0 Å². The lowest BCUT2D eigenvalue weighted by Crippen LogP contribution is -2.28. The molecule has 0 amide bonds. The van der Waals surface area contributed by atoms with E-state index in [1.54, 1.807) is 0 Å². The number of halogens is 1. The molecule has 1 unspecified atom stereocenters. The highest BCUT2D eigenvalue weighted by atomic mass is 79.9. The van der Waals surface area contributed by atoms with Crippen LogP contribution in [0.2, 0.25) is 0 Å². The van der Waals surface area contributed by atoms with Gasteiger partial charge in [-0.1, -0.05) is 64.0 Å². The predicted molar refractivity (Wildman–Crippen MR) is 120 cm³/mol. The summed E-state index contributed by atoms with van der Waals surface area (Å²) >= 11 is 3.72. The van der Waals surface area contributed by atoms with Crippen molar-refractivity contribution in [3.63, 3.8) is 0 Å². The molecule has 0 heterocycles. The number of benzene rings is 3. The molecule has 1 aliphatic rings. The first-order valence-corrected chi connectivity index (χ1v) is 10.3. The molecule has 136 valence electrons. The minimum atomic E-state index is -0.190. The third-order valence-corrected chi connectivity index (χ3v) is 6.48. The lowest BCUT2D eigenvalue weighted by Gasteiger charge is -2.35. The fraction of sp³-hybridized carbons (Fsp3) is 0.231. The van der Waals surface area contributed by atoms with Gasteiger partial charge in [-0.3, -0.25) is 0 Å². The van der Waals surface area contributed by atoms with Crippen molar-refractivity contribution < 1.29 is 0 Å². The molecule has 4 rings (SSSR count). The highest BCUT2D eigenvalue weighted by Crippen LogP contribution is 2.56. The van der Waals surface area contributed by atoms with Crippen LogP contribution < -0.4 is 0 Å². The molecular weight excluding hydrogens is 392 g/mol. The first kappa shape index (κ1) is 18.3. The van der Waals surface area contributed by atoms with Crippen LogP contribution in [0.4, 0.5) is 0 Å². The van der Waals surface area contributed by atoms with Crippen LogP contribution in [0, 0.1) is 20.8 Å². The van der Waals surface area contributed by atoms with Crippen molar-refractivity contribution >= 4 is 15.9 Å². The molecule has 3 aromatic rings. The monoisotopic (exact) mass is 416 g/mol. The van der Waals surface area contributed by atoms with E-state index in [0.717, 1.165) is 10.9 Å². The number of rotatable bonds is 3. The molecule has 0 bridgehead atoms. The van der Waals surface area contributed by atoms with E-state index < -0.39 is 0 Å². The van der Waals surface area contributed by atoms with E-state index in [1.807, 2.05) is 0 Å². The van der Waals surface area contributed by atoms with Crippen molar-refractivity contribution in [2.75, 3.05) is 0 Å². The second kappa shape index (κ2) is 6.49. The Morgan fingerprint density at radius 1 is 0.815 bits per heavy atom. The van der Waals surface area contributed by atoms with E-state index >= 15 is 0 Å². The first-order chi connectivity index (χ1) is 12.8. The van der Waals surface area contributed by atoms with Gasteiger partial charge in [0.2, 0.25) is 0 Å². The lowest BCUT2D eigenvalue weighted by molar-refractivity contribution is 0.621. The Morgan fingerprint density at radius 2 is 1.48 bits per heavy atom. The van der Waals surface area contributed by atoms with Gasteiger partial charge in [0.05, 0.1) is 5.41 Å². The number of aryl methyl sites for hydroxylation is 3. The Hall–Kier alpha value is -2.12. The van der Waals surface area contributed by atoms with Crippen LogP contribution >= 0.6 is 15.9 Å². The van der Waals surface area contributed by atoms with Crippen LogP contribution in [0.15, 0.2) is 71.2 Å². The third kappa shape index (κ3) is 2.72. The molecule has 1 atom stereocenters. The van der Waals surface area contributed by atoms with Crippen LogP contribution in [0.3, 0.4) is 0 Å². The SMILES string of the molecule is C=C(C)CC1(c2cc(C)c(C)cc2C)c2ccccc2-c2ccc(Br)cc21. The highest BCUT2D eigenvalue weighted by molar-refractivity contribution is 9.10. The predicted octanol–water partition coefficient (Wildman–Crippen LogP) is 7.66. The van der Waals surface area contributed by atoms with Gasteiger partial charge in [-0.05, 0) is 90.8 Å². The van der Waals surface area contributed by atoms with Gasteiger partial charge in [0.15, 0.2) is 0 Å². The maximum Gasteiger partial charge on any atom is 0.0503 e. The summed E-state index contributed by atoms with van der Waals surface area (Å²) in [5, 5.41) is 0. The van der Waals surface area contributed by atoms with Crippen molar-refractivity contribution in [2.24, 2.45) is 0 Å². The quantitative estimate of drug-likeness (QED) is 0.384. The van der Waals surface area contributed by atoms with Gasteiger partial charge in [-0.25, -0.2) is 0 Å². The third-order valence-electron chi connectivity index (χ3n) is 5.99. The van der Waals surface area contributed by atoms with E-state index in [-0.39, 0.29) is 5.41 Å². The molecule has 0 saturated carbocycles. The fourth-order valence-electron chi connectivity index (χ4n) is 4.79. The summed E-state index contributed by atoms with van der Waals surface area (Å²) in [5.41, 5.74) is 11.9. The van der Waals surface area contributed by atoms with E-state index in [9.17, 15) is 0 Å². The molecule has 0 spiro atoms. The molecule has 27 heavy (non-hydrogen) atoms. The molecule has 0 aliphatic heterocycles. The molecule has 0 saturated heterocycles. The van der Waals surface area contributed by atoms with Crippen molar-refractivity contribution in [3.8, 4) is 11.1 Å². The maximum absolute atomic E-state index is 4.32. The average molecular weight is 417 g/mol. The molecule has 0 aromatic heterocycles. The summed E-state index contributed by atoms with van der Waals surface area (Å²) in [6, 6.07) is 20.3. The summed E-state index contributed by atoms with van der Waals surface area (Å²) < 4.78 is 1.13. The van der Waals surface area contributed by atoms with Gasteiger partial charge in [-0.2, -0.15) is 0 Å². The number of hydrogen-bond acceptors (Lipinski definition) is 0. The Labute approximate surface area is 171 Å². The molecule has 1 heteroatoms. The Kier molecular flexibility index (Phi) is 4.39. The smallest absolute Gasteiger partial charge is 0.0503 e. The van der Waals surface area contributed by atoms with Gasteiger partial charge < -0.3 is 0 Å². The molecule has 0 N–H and O–H groups in total. The summed E-state index contributed by atoms with van der Waals surface area (Å²) in [6.45, 7) is 13.1. The van der Waals surface area contributed by atoms with Crippen LogP contribution in [-0.2, 0) is 5.41 Å². The molecule has 3 aromatic carbocycles. The zero-order valence-corrected chi connectivity index (χ0v) is 18.1. The van der Waals surface area contributed by atoms with Gasteiger partial charge in [-0.15, -0.1) is 6.58 Å². The lowest BCUT2D eigenvalue weighted by atomic mass is 9.67. The van der Waals surface area contributed by atoms with Gasteiger partial charge in [0.1, 0.15) is 0 Å². The van der Waals surface area contributed by atoms with Crippen molar-refractivity contribution in [1.82, 2.24) is 0 Å². The van der Waals surface area contributed by atoms with Crippen molar-refractivity contribution in [2.45, 2.75) is 39.5 Å². The minimum Gasteiger partial charge on any atom is -0.100 e. The standard InChI is InChI=1S/C26H25Br/c1-16(2)15-26(24-13-18(4)17(3)12-19(24)5)23-9-7-6-8-21(23)22-11-10-20(27)14-25(22)26/h6-14H,1,15H2,2-5H3. The summed E-state index contributed by atoms with van der Waals surface area (Å²) in [4.78, 5) is 0. The van der Waals surface area contributed by atoms with E-state index in [0.29, 0.717) is 0 Å². The number of allylic oxidation sites excluding steroid dienone is 1. The fourth-order valence-corrected chi connectivity index (χ4v) is 5.15. The van der Waals surface area contributed by atoms with Crippen LogP contribution in [0.1, 0.15) is 46.7 Å². The Bertz CT molecular complexity index is 1070. The zero-order chi connectivity index (χ0) is 19.3. The van der Waals surface area contributed by atoms with Gasteiger partial charge in [0, 0.05) is 4.47 Å². The van der Waals surface area contributed by atoms with Crippen LogP contribution in [-0.4, -0.2) is 0 Å². The molecular formula is C26H25Br. The van der Waals surface area contributed by atoms with Gasteiger partial charge in [0.25, 0.3) is 0 Å². The Morgan fingerprint density at radius 3 is 2.22 bits per heavy atom. The van der Waals surface area contributed by atoms with Crippen molar-refractivity contribution in [3.05, 3.63) is 105 Å². The molecule has 1 aliphatic carbocycles. The normalized spacial score (nSPS) is 17.5. The summed E-state index contributed by atoms with van der Waals surface area (Å²) in [7, 11) is 0. The number of fused-ring (bicyclic) bond motifs is 3. The summed E-state index contributed by atoms with van der Waals surface area (Å²) in [6.07, 6.45) is 0.913. The zero-order valence-electron chi connectivity index (χ0n) is 16.5. The van der Waals surface area contributed by atoms with E-state index in [2.05, 4.69) is 105 Å².